The fourth-order valence-electron chi connectivity index (χ4n) is 2.54. The van der Waals surface area contributed by atoms with Crippen molar-refractivity contribution in [2.75, 3.05) is 12.3 Å². The monoisotopic (exact) mass is 324 g/mol. The average molecular weight is 324 g/mol. The summed E-state index contributed by atoms with van der Waals surface area (Å²) in [5, 5.41) is 18.6. The van der Waals surface area contributed by atoms with Gasteiger partial charge in [-0.15, -0.1) is 0 Å². The Morgan fingerprint density at radius 3 is 2.62 bits per heavy atom. The molecule has 7 nitrogen and oxygen atoms in total. The van der Waals surface area contributed by atoms with Crippen molar-refractivity contribution in [2.45, 2.75) is 19.8 Å². The number of nitrogens with zero attached hydrogens (tertiary/aromatic N) is 2. The number of nitrogen functional groups attached to an aromatic ring is 1. The van der Waals surface area contributed by atoms with E-state index in [1.807, 2.05) is 12.1 Å². The highest BCUT2D eigenvalue weighted by atomic mass is 16.5. The van der Waals surface area contributed by atoms with Crippen LogP contribution in [0.3, 0.4) is 0 Å². The fraction of sp³-hybridized carbons (Fsp3) is 0.235. The Kier molecular flexibility index (Phi) is 4.76. The molecule has 1 aliphatic rings. The van der Waals surface area contributed by atoms with Gasteiger partial charge < -0.3 is 20.9 Å². The van der Waals surface area contributed by atoms with Crippen LogP contribution in [0.4, 0.5) is 5.69 Å². The molecule has 0 amide bonds. The molecule has 24 heavy (non-hydrogen) atoms. The van der Waals surface area contributed by atoms with Crippen molar-refractivity contribution < 1.29 is 14.3 Å². The number of rotatable bonds is 3. The summed E-state index contributed by atoms with van der Waals surface area (Å²) in [6, 6.07) is 8.68. The molecule has 0 fully saturated rings. The van der Waals surface area contributed by atoms with Gasteiger partial charge in [-0.3, -0.25) is 0 Å². The fourth-order valence-corrected chi connectivity index (χ4v) is 2.54. The van der Waals surface area contributed by atoms with Crippen molar-refractivity contribution in [3.05, 3.63) is 52.1 Å². The second-order valence-electron chi connectivity index (χ2n) is 5.07. The molecule has 2 rings (SSSR count). The van der Waals surface area contributed by atoms with Crippen LogP contribution in [-0.2, 0) is 14.3 Å². The second-order valence-corrected chi connectivity index (χ2v) is 5.07. The second kappa shape index (κ2) is 6.76. The number of hydrogen-bond acceptors (Lipinski definition) is 7. The van der Waals surface area contributed by atoms with Crippen molar-refractivity contribution in [3.8, 4) is 12.1 Å². The topological polar surface area (TPSA) is 135 Å². The summed E-state index contributed by atoms with van der Waals surface area (Å²) >= 11 is 0. The number of ether oxygens (including phenoxy) is 2. The number of esters is 1. The van der Waals surface area contributed by atoms with Gasteiger partial charge in [-0.1, -0.05) is 6.07 Å². The Balaban J connectivity index is 2.67. The molecule has 1 heterocycles. The smallest absolute Gasteiger partial charge is 0.338 e. The first kappa shape index (κ1) is 16.9. The summed E-state index contributed by atoms with van der Waals surface area (Å²) in [7, 11) is 0. The van der Waals surface area contributed by atoms with Gasteiger partial charge in [-0.25, -0.2) is 4.79 Å². The Bertz CT molecular complexity index is 840. The van der Waals surface area contributed by atoms with Crippen LogP contribution in [0.2, 0.25) is 0 Å². The molecular formula is C17H16N4O3. The maximum absolute atomic E-state index is 12.4. The number of carbonyl (C=O) groups is 1. The Labute approximate surface area is 139 Å². The lowest BCUT2D eigenvalue weighted by Crippen LogP contribution is -2.25. The molecule has 7 heteroatoms. The molecule has 122 valence electrons. The molecule has 0 spiro atoms. The molecule has 0 bridgehead atoms. The largest absolute Gasteiger partial charge is 0.463 e. The highest BCUT2D eigenvalue weighted by molar-refractivity contribution is 5.92. The molecule has 0 aliphatic carbocycles. The zero-order valence-electron chi connectivity index (χ0n) is 13.3. The number of nitriles is 2. The van der Waals surface area contributed by atoms with Gasteiger partial charge in [0.15, 0.2) is 0 Å². The maximum Gasteiger partial charge on any atom is 0.338 e. The van der Waals surface area contributed by atoms with Crippen LogP contribution in [0.5, 0.6) is 0 Å². The average Bonchev–Trinajstić information content (AvgIpc) is 2.54. The number of benzene rings is 1. The summed E-state index contributed by atoms with van der Waals surface area (Å²) in [6.07, 6.45) is 0. The number of nitrogens with two attached hydrogens (primary N) is 2. The lowest BCUT2D eigenvalue weighted by atomic mass is 9.82. The van der Waals surface area contributed by atoms with Gasteiger partial charge in [-0.2, -0.15) is 10.5 Å². The Morgan fingerprint density at radius 2 is 2.04 bits per heavy atom. The Hall–Kier alpha value is -3.45. The van der Waals surface area contributed by atoms with Gasteiger partial charge in [0.05, 0.1) is 23.7 Å². The van der Waals surface area contributed by atoms with Crippen LogP contribution in [0.1, 0.15) is 30.9 Å². The molecule has 1 aromatic rings. The van der Waals surface area contributed by atoms with Gasteiger partial charge in [0.25, 0.3) is 0 Å². The van der Waals surface area contributed by atoms with E-state index in [0.29, 0.717) is 11.3 Å². The van der Waals surface area contributed by atoms with E-state index in [1.54, 1.807) is 26.0 Å². The lowest BCUT2D eigenvalue weighted by Gasteiger charge is -2.27. The van der Waals surface area contributed by atoms with Gasteiger partial charge in [-0.05, 0) is 31.5 Å². The highest BCUT2D eigenvalue weighted by Gasteiger charge is 2.36. The normalized spacial score (nSPS) is 16.9. The van der Waals surface area contributed by atoms with Crippen LogP contribution in [0, 0.1) is 22.7 Å². The molecule has 1 aromatic carbocycles. The van der Waals surface area contributed by atoms with Crippen LogP contribution in [0.15, 0.2) is 41.0 Å². The molecule has 1 unspecified atom stereocenters. The zero-order chi connectivity index (χ0) is 17.9. The van der Waals surface area contributed by atoms with Gasteiger partial charge in [0, 0.05) is 5.69 Å². The van der Waals surface area contributed by atoms with E-state index < -0.39 is 11.9 Å². The van der Waals surface area contributed by atoms with Crippen molar-refractivity contribution in [3.63, 3.8) is 0 Å². The zero-order valence-corrected chi connectivity index (χ0v) is 13.3. The SMILES string of the molecule is CCOC(=O)C1=C(C)OC(N)=C(C#N)C1c1ccc(N)c(C#N)c1. The molecular weight excluding hydrogens is 308 g/mol. The van der Waals surface area contributed by atoms with Crippen LogP contribution < -0.4 is 11.5 Å². The summed E-state index contributed by atoms with van der Waals surface area (Å²) in [5.74, 6) is -1.21. The minimum atomic E-state index is -0.782. The van der Waals surface area contributed by atoms with Crippen molar-refractivity contribution in [2.24, 2.45) is 5.73 Å². The van der Waals surface area contributed by atoms with Gasteiger partial charge >= 0.3 is 5.97 Å². The molecule has 0 aromatic heterocycles. The predicted molar refractivity (Wildman–Crippen MR) is 85.6 cm³/mol. The summed E-state index contributed by atoms with van der Waals surface area (Å²) < 4.78 is 10.4. The van der Waals surface area contributed by atoms with Crippen molar-refractivity contribution in [1.29, 1.82) is 10.5 Å². The minimum absolute atomic E-state index is 0.0802. The first-order chi connectivity index (χ1) is 11.4. The molecule has 1 atom stereocenters. The minimum Gasteiger partial charge on any atom is -0.463 e. The van der Waals surface area contributed by atoms with E-state index in [0.717, 1.165) is 0 Å². The van der Waals surface area contributed by atoms with Gasteiger partial charge in [0.2, 0.25) is 5.88 Å². The van der Waals surface area contributed by atoms with E-state index in [1.165, 1.54) is 6.07 Å². The maximum atomic E-state index is 12.4. The first-order valence-electron chi connectivity index (χ1n) is 7.19. The molecule has 0 saturated heterocycles. The molecule has 4 N–H and O–H groups in total. The number of carbonyl (C=O) groups excluding carboxylic acids is 1. The number of anilines is 1. The van der Waals surface area contributed by atoms with Crippen LogP contribution in [-0.4, -0.2) is 12.6 Å². The first-order valence-corrected chi connectivity index (χ1v) is 7.19. The predicted octanol–water partition coefficient (Wildman–Crippen LogP) is 1.79. The number of allylic oxidation sites excluding steroid dienone is 2. The van der Waals surface area contributed by atoms with E-state index in [4.69, 9.17) is 26.2 Å². The summed E-state index contributed by atoms with van der Waals surface area (Å²) in [5.41, 5.74) is 12.9. The third-order valence-electron chi connectivity index (χ3n) is 3.63. The van der Waals surface area contributed by atoms with E-state index in [2.05, 4.69) is 0 Å². The molecule has 1 aliphatic heterocycles. The quantitative estimate of drug-likeness (QED) is 0.639. The molecule has 0 radical (unpaired) electrons. The third-order valence-corrected chi connectivity index (χ3v) is 3.63. The lowest BCUT2D eigenvalue weighted by molar-refractivity contribution is -0.139. The Morgan fingerprint density at radius 1 is 1.33 bits per heavy atom. The van der Waals surface area contributed by atoms with Crippen molar-refractivity contribution in [1.82, 2.24) is 0 Å². The summed E-state index contributed by atoms with van der Waals surface area (Å²) in [4.78, 5) is 12.4. The van der Waals surface area contributed by atoms with E-state index >= 15 is 0 Å². The summed E-state index contributed by atoms with van der Waals surface area (Å²) in [6.45, 7) is 3.43. The van der Waals surface area contributed by atoms with E-state index in [-0.39, 0.29) is 35.0 Å². The van der Waals surface area contributed by atoms with Crippen LogP contribution in [0.25, 0.3) is 0 Å². The van der Waals surface area contributed by atoms with Crippen LogP contribution >= 0.6 is 0 Å². The standard InChI is InChI=1S/C17H16N4O3/c1-3-23-17(22)14-9(2)24-16(21)12(8-19)15(14)10-4-5-13(20)11(6-10)7-18/h4-6,15H,3,20-21H2,1-2H3. The van der Waals surface area contributed by atoms with E-state index in [9.17, 15) is 10.1 Å². The number of hydrogen-bond donors (Lipinski definition) is 2. The van der Waals surface area contributed by atoms with Crippen molar-refractivity contribution >= 4 is 11.7 Å². The molecule has 0 saturated carbocycles. The highest BCUT2D eigenvalue weighted by Crippen LogP contribution is 2.40. The third kappa shape index (κ3) is 2.88. The van der Waals surface area contributed by atoms with Gasteiger partial charge in [0.1, 0.15) is 23.5 Å².